The Balaban J connectivity index is 1.78. The summed E-state index contributed by atoms with van der Waals surface area (Å²) >= 11 is 1.39. The normalized spacial score (nSPS) is 11.4. The molecule has 0 bridgehead atoms. The number of carbonyl (C=O) groups is 2. The van der Waals surface area contributed by atoms with Crippen LogP contribution in [0.5, 0.6) is 0 Å². The van der Waals surface area contributed by atoms with Crippen molar-refractivity contribution in [3.63, 3.8) is 0 Å². The molecule has 0 radical (unpaired) electrons. The van der Waals surface area contributed by atoms with Gasteiger partial charge in [-0.1, -0.05) is 12.1 Å². The van der Waals surface area contributed by atoms with Crippen LogP contribution in [0.4, 0.5) is 9.18 Å². The van der Waals surface area contributed by atoms with Gasteiger partial charge in [0.1, 0.15) is 6.33 Å². The second kappa shape index (κ2) is 8.65. The molecule has 0 aliphatic heterocycles. The minimum absolute atomic E-state index is 0.0112. The molecule has 3 aromatic rings. The lowest BCUT2D eigenvalue weighted by Crippen LogP contribution is -2.29. The van der Waals surface area contributed by atoms with Gasteiger partial charge in [0, 0.05) is 11.4 Å². The second-order valence-corrected chi connectivity index (χ2v) is 7.22. The molecule has 0 saturated heterocycles. The summed E-state index contributed by atoms with van der Waals surface area (Å²) in [6.45, 7) is 1.09. The van der Waals surface area contributed by atoms with Crippen LogP contribution in [0.2, 0.25) is 0 Å². The first kappa shape index (κ1) is 20.2. The lowest BCUT2D eigenvalue weighted by molar-refractivity contribution is 0.102. The third-order valence-electron chi connectivity index (χ3n) is 4.09. The predicted octanol–water partition coefficient (Wildman–Crippen LogP) is 3.09. The van der Waals surface area contributed by atoms with E-state index < -0.39 is 11.8 Å². The van der Waals surface area contributed by atoms with E-state index in [1.165, 1.54) is 29.2 Å². The largest absolute Gasteiger partial charge is 0.465 e. The minimum Gasteiger partial charge on any atom is -0.465 e. The minimum atomic E-state index is -1.29. The monoisotopic (exact) mass is 416 g/mol. The Morgan fingerprint density at radius 1 is 1.24 bits per heavy atom. The average Bonchev–Trinajstić information content (AvgIpc) is 3.33. The molecule has 0 aliphatic carbocycles. The van der Waals surface area contributed by atoms with E-state index in [2.05, 4.69) is 5.10 Å². The molecule has 0 spiro atoms. The van der Waals surface area contributed by atoms with Crippen LogP contribution in [-0.2, 0) is 6.54 Å². The van der Waals surface area contributed by atoms with Gasteiger partial charge in [-0.25, -0.2) is 23.2 Å². The van der Waals surface area contributed by atoms with E-state index >= 15 is 0 Å². The van der Waals surface area contributed by atoms with E-state index in [0.29, 0.717) is 10.6 Å². The van der Waals surface area contributed by atoms with E-state index in [-0.39, 0.29) is 30.8 Å². The SMILES string of the molecule is CC(=O)c1ccc(-c2ccc(-n3cnn(C/C(=C\F)CNC(=O)O)c3=O)cc2)s1. The van der Waals surface area contributed by atoms with Gasteiger partial charge in [0.15, 0.2) is 5.78 Å². The number of nitrogens with one attached hydrogen (secondary N) is 1. The number of hydrogen-bond acceptors (Lipinski definition) is 5. The average molecular weight is 416 g/mol. The number of halogens is 1. The van der Waals surface area contributed by atoms with Gasteiger partial charge in [-0.15, -0.1) is 11.3 Å². The Hall–Kier alpha value is -3.53. The van der Waals surface area contributed by atoms with Crippen molar-refractivity contribution in [1.82, 2.24) is 19.7 Å². The molecule has 10 heteroatoms. The fourth-order valence-electron chi connectivity index (χ4n) is 2.60. The van der Waals surface area contributed by atoms with Gasteiger partial charge in [0.05, 0.1) is 23.4 Å². The quantitative estimate of drug-likeness (QED) is 0.576. The molecular weight excluding hydrogens is 399 g/mol. The van der Waals surface area contributed by atoms with E-state index in [1.54, 1.807) is 18.2 Å². The Labute approximate surface area is 168 Å². The molecule has 0 unspecified atom stereocenters. The summed E-state index contributed by atoms with van der Waals surface area (Å²) in [6, 6.07) is 10.8. The highest BCUT2D eigenvalue weighted by atomic mass is 32.1. The molecule has 1 amide bonds. The van der Waals surface area contributed by atoms with Crippen LogP contribution in [0, 0.1) is 0 Å². The van der Waals surface area contributed by atoms with Gasteiger partial charge in [0.2, 0.25) is 0 Å². The van der Waals surface area contributed by atoms with Crippen molar-refractivity contribution < 1.29 is 19.1 Å². The fourth-order valence-corrected chi connectivity index (χ4v) is 3.51. The molecule has 0 aliphatic rings. The van der Waals surface area contributed by atoms with E-state index in [9.17, 15) is 18.8 Å². The van der Waals surface area contributed by atoms with Gasteiger partial charge in [-0.3, -0.25) is 4.79 Å². The van der Waals surface area contributed by atoms with Crippen LogP contribution in [0.3, 0.4) is 0 Å². The molecule has 2 heterocycles. The van der Waals surface area contributed by atoms with Crippen molar-refractivity contribution in [2.75, 3.05) is 6.54 Å². The zero-order valence-corrected chi connectivity index (χ0v) is 16.1. The number of thiophene rings is 1. The summed E-state index contributed by atoms with van der Waals surface area (Å²) in [7, 11) is 0. The highest BCUT2D eigenvalue weighted by Crippen LogP contribution is 2.28. The third kappa shape index (κ3) is 4.66. The highest BCUT2D eigenvalue weighted by molar-refractivity contribution is 7.17. The first-order valence-corrected chi connectivity index (χ1v) is 9.31. The Kier molecular flexibility index (Phi) is 6.03. The molecule has 29 heavy (non-hydrogen) atoms. The van der Waals surface area contributed by atoms with Crippen molar-refractivity contribution in [3.05, 3.63) is 70.0 Å². The van der Waals surface area contributed by atoms with Crippen LogP contribution in [0.1, 0.15) is 16.6 Å². The lowest BCUT2D eigenvalue weighted by Gasteiger charge is -2.05. The number of rotatable bonds is 7. The van der Waals surface area contributed by atoms with Crippen LogP contribution in [-0.4, -0.2) is 37.9 Å². The van der Waals surface area contributed by atoms with Gasteiger partial charge < -0.3 is 10.4 Å². The summed E-state index contributed by atoms with van der Waals surface area (Å²) in [5.41, 5.74) is 1.06. The third-order valence-corrected chi connectivity index (χ3v) is 5.33. The molecule has 8 nitrogen and oxygen atoms in total. The molecule has 0 saturated carbocycles. The molecule has 0 atom stereocenters. The summed E-state index contributed by atoms with van der Waals surface area (Å²) in [5, 5.41) is 14.6. The smallest absolute Gasteiger partial charge is 0.404 e. The van der Waals surface area contributed by atoms with Crippen LogP contribution in [0.15, 0.2) is 59.4 Å². The summed E-state index contributed by atoms with van der Waals surface area (Å²) in [6.07, 6.45) is 0.284. The second-order valence-electron chi connectivity index (χ2n) is 6.13. The number of carboxylic acid groups (broad SMARTS) is 1. The van der Waals surface area contributed by atoms with Gasteiger partial charge in [-0.05, 0) is 42.3 Å². The highest BCUT2D eigenvalue weighted by Gasteiger charge is 2.11. The molecule has 150 valence electrons. The van der Waals surface area contributed by atoms with Crippen LogP contribution < -0.4 is 11.0 Å². The number of amides is 1. The Morgan fingerprint density at radius 2 is 1.97 bits per heavy atom. The van der Waals surface area contributed by atoms with E-state index in [0.717, 1.165) is 15.1 Å². The number of ketones is 1. The summed E-state index contributed by atoms with van der Waals surface area (Å²) < 4.78 is 15.3. The predicted molar refractivity (Wildman–Crippen MR) is 106 cm³/mol. The number of hydrogen-bond donors (Lipinski definition) is 2. The van der Waals surface area contributed by atoms with Crippen molar-refractivity contribution >= 4 is 23.2 Å². The standard InChI is InChI=1S/C19H17FN4O4S/c1-12(25)16-6-7-17(29-16)14-2-4-15(5-3-14)23-11-22-24(19(23)28)10-13(8-20)9-21-18(26)27/h2-8,11,21H,9-10H2,1H3,(H,26,27)/b13-8-. The van der Waals surface area contributed by atoms with Crippen molar-refractivity contribution in [2.45, 2.75) is 13.5 Å². The van der Waals surface area contributed by atoms with Crippen molar-refractivity contribution in [3.8, 4) is 16.1 Å². The zero-order valence-electron chi connectivity index (χ0n) is 15.3. The topological polar surface area (TPSA) is 106 Å². The Bertz CT molecular complexity index is 1130. The molecular formula is C19H17FN4O4S. The number of carbonyl (C=O) groups excluding carboxylic acids is 1. The first-order chi connectivity index (χ1) is 13.9. The molecule has 2 N–H and O–H groups in total. The van der Waals surface area contributed by atoms with Crippen molar-refractivity contribution in [2.24, 2.45) is 0 Å². The zero-order chi connectivity index (χ0) is 21.0. The number of aromatic nitrogens is 3. The Morgan fingerprint density at radius 3 is 2.55 bits per heavy atom. The van der Waals surface area contributed by atoms with E-state index in [4.69, 9.17) is 5.11 Å². The number of benzene rings is 1. The molecule has 3 rings (SSSR count). The fraction of sp³-hybridized carbons (Fsp3) is 0.158. The number of Topliss-reactive ketones (excluding diaryl/α,β-unsaturated/α-hetero) is 1. The van der Waals surface area contributed by atoms with Gasteiger partial charge in [-0.2, -0.15) is 5.10 Å². The molecule has 1 aromatic carbocycles. The number of nitrogens with zero attached hydrogens (tertiary/aromatic N) is 3. The van der Waals surface area contributed by atoms with Gasteiger partial charge in [0.25, 0.3) is 0 Å². The van der Waals surface area contributed by atoms with Gasteiger partial charge >= 0.3 is 11.8 Å². The van der Waals surface area contributed by atoms with E-state index in [1.807, 2.05) is 23.5 Å². The maximum Gasteiger partial charge on any atom is 0.404 e. The maximum absolute atomic E-state index is 12.9. The van der Waals surface area contributed by atoms with Crippen LogP contribution >= 0.6 is 11.3 Å². The van der Waals surface area contributed by atoms with Crippen LogP contribution in [0.25, 0.3) is 16.1 Å². The maximum atomic E-state index is 12.9. The molecule has 2 aromatic heterocycles. The van der Waals surface area contributed by atoms with Crippen molar-refractivity contribution in [1.29, 1.82) is 0 Å². The first-order valence-electron chi connectivity index (χ1n) is 8.50. The summed E-state index contributed by atoms with van der Waals surface area (Å²) in [4.78, 5) is 36.1. The molecule has 0 fully saturated rings. The lowest BCUT2D eigenvalue weighted by atomic mass is 10.1. The summed E-state index contributed by atoms with van der Waals surface area (Å²) in [5.74, 6) is 0.0112.